The Balaban J connectivity index is 2.64. The number of nitrogens with one attached hydrogen (secondary N) is 2. The third-order valence-corrected chi connectivity index (χ3v) is 3.55. The Morgan fingerprint density at radius 3 is 2.27 bits per heavy atom. The lowest BCUT2D eigenvalue weighted by Crippen LogP contribution is -2.46. The smallest absolute Gasteiger partial charge is 0.329 e. The summed E-state index contributed by atoms with van der Waals surface area (Å²) in [4.78, 5) is 36.1. The number of esters is 1. The van der Waals surface area contributed by atoms with Gasteiger partial charge in [-0.2, -0.15) is 0 Å². The molecular weight excluding hydrogens is 336 g/mol. The van der Waals surface area contributed by atoms with E-state index >= 15 is 0 Å². The summed E-state index contributed by atoms with van der Waals surface area (Å²) in [7, 11) is 0. The Morgan fingerprint density at radius 1 is 1.08 bits per heavy atom. The Kier molecular flexibility index (Phi) is 9.19. The molecule has 0 aliphatic rings. The van der Waals surface area contributed by atoms with E-state index in [0.717, 1.165) is 6.42 Å². The lowest BCUT2D eigenvalue weighted by Gasteiger charge is -2.21. The average molecular weight is 364 g/mol. The van der Waals surface area contributed by atoms with Gasteiger partial charge in [0.25, 0.3) is 11.8 Å². The summed E-state index contributed by atoms with van der Waals surface area (Å²) >= 11 is 0. The Morgan fingerprint density at radius 2 is 1.73 bits per heavy atom. The first-order chi connectivity index (χ1) is 12.4. The van der Waals surface area contributed by atoms with Gasteiger partial charge in [-0.15, -0.1) is 0 Å². The first-order valence-corrected chi connectivity index (χ1v) is 8.86. The topological polar surface area (TPSA) is 93.7 Å². The molecule has 0 unspecified atom stereocenters. The fraction of sp³-hybridized carbons (Fsp3) is 0.526. The van der Waals surface area contributed by atoms with Crippen molar-refractivity contribution in [3.63, 3.8) is 0 Å². The van der Waals surface area contributed by atoms with Gasteiger partial charge in [-0.05, 0) is 43.5 Å². The Bertz CT molecular complexity index is 598. The third kappa shape index (κ3) is 7.13. The molecule has 7 heteroatoms. The maximum atomic E-state index is 12.4. The summed E-state index contributed by atoms with van der Waals surface area (Å²) in [6.45, 7) is 8.10. The summed E-state index contributed by atoms with van der Waals surface area (Å²) in [6.07, 6.45) is 0.798. The number of carbonyl (C=O) groups is 3. The molecule has 0 spiro atoms. The highest BCUT2D eigenvalue weighted by atomic mass is 16.5. The molecule has 0 aliphatic carbocycles. The molecule has 0 heterocycles. The van der Waals surface area contributed by atoms with Crippen LogP contribution in [-0.4, -0.2) is 43.6 Å². The van der Waals surface area contributed by atoms with Crippen LogP contribution in [0.15, 0.2) is 24.3 Å². The summed E-state index contributed by atoms with van der Waals surface area (Å²) < 4.78 is 10.4. The number of hydrogen-bond donors (Lipinski definition) is 2. The van der Waals surface area contributed by atoms with Crippen LogP contribution in [0.1, 0.15) is 44.5 Å². The van der Waals surface area contributed by atoms with E-state index in [9.17, 15) is 14.4 Å². The van der Waals surface area contributed by atoms with Gasteiger partial charge >= 0.3 is 5.97 Å². The monoisotopic (exact) mass is 364 g/mol. The number of amides is 2. The van der Waals surface area contributed by atoms with Crippen LogP contribution in [0.25, 0.3) is 0 Å². The molecule has 0 bridgehead atoms. The number of hydrogen-bond acceptors (Lipinski definition) is 5. The molecule has 2 N–H and O–H groups in total. The quantitative estimate of drug-likeness (QED) is 0.619. The molecule has 0 saturated carbocycles. The van der Waals surface area contributed by atoms with Crippen LogP contribution in [0, 0.1) is 5.92 Å². The second kappa shape index (κ2) is 11.1. The fourth-order valence-electron chi connectivity index (χ4n) is 2.13. The van der Waals surface area contributed by atoms with Crippen LogP contribution >= 0.6 is 0 Å². The summed E-state index contributed by atoms with van der Waals surface area (Å²) in [6, 6.07) is 5.80. The number of rotatable bonds is 10. The zero-order valence-electron chi connectivity index (χ0n) is 15.8. The maximum Gasteiger partial charge on any atom is 0.329 e. The molecule has 0 radical (unpaired) electrons. The normalized spacial score (nSPS) is 11.6. The summed E-state index contributed by atoms with van der Waals surface area (Å²) in [5, 5.41) is 5.29. The Hall–Kier alpha value is -2.57. The molecule has 1 aromatic carbocycles. The van der Waals surface area contributed by atoms with Gasteiger partial charge in [0.2, 0.25) is 0 Å². The first-order valence-electron chi connectivity index (χ1n) is 8.86. The average Bonchev–Trinajstić information content (AvgIpc) is 2.62. The molecule has 1 rings (SSSR count). The van der Waals surface area contributed by atoms with Crippen molar-refractivity contribution in [1.29, 1.82) is 0 Å². The van der Waals surface area contributed by atoms with E-state index in [4.69, 9.17) is 9.47 Å². The molecule has 1 aromatic rings. The molecule has 1 atom stereocenters. The standard InChI is InChI=1S/C19H28N2O5/c1-5-11-20-16(22)12-26-19(24)17(13(3)4)21-18(23)14-7-9-15(10-8-14)25-6-2/h7-10,13,17H,5-6,11-12H2,1-4H3,(H,20,22)(H,21,23)/t17-/m0/s1. The van der Waals surface area contributed by atoms with E-state index < -0.39 is 12.0 Å². The second-order valence-electron chi connectivity index (χ2n) is 6.11. The predicted octanol–water partition coefficient (Wildman–Crippen LogP) is 1.91. The number of ether oxygens (including phenoxy) is 2. The third-order valence-electron chi connectivity index (χ3n) is 3.55. The van der Waals surface area contributed by atoms with Crippen molar-refractivity contribution in [2.24, 2.45) is 5.92 Å². The van der Waals surface area contributed by atoms with Crippen molar-refractivity contribution < 1.29 is 23.9 Å². The molecule has 2 amide bonds. The SMILES string of the molecule is CCCNC(=O)COC(=O)[C@@H](NC(=O)c1ccc(OCC)cc1)C(C)C. The second-order valence-corrected chi connectivity index (χ2v) is 6.11. The molecule has 7 nitrogen and oxygen atoms in total. The van der Waals surface area contributed by atoms with Crippen molar-refractivity contribution in [2.45, 2.75) is 40.2 Å². The molecule has 0 aromatic heterocycles. The highest BCUT2D eigenvalue weighted by Gasteiger charge is 2.26. The van der Waals surface area contributed by atoms with Crippen LogP contribution in [0.4, 0.5) is 0 Å². The van der Waals surface area contributed by atoms with E-state index in [1.807, 2.05) is 13.8 Å². The molecule has 144 valence electrons. The fourth-order valence-corrected chi connectivity index (χ4v) is 2.13. The molecule has 0 saturated heterocycles. The largest absolute Gasteiger partial charge is 0.494 e. The van der Waals surface area contributed by atoms with Crippen LogP contribution in [0.5, 0.6) is 5.75 Å². The van der Waals surface area contributed by atoms with Crippen molar-refractivity contribution in [3.8, 4) is 5.75 Å². The lowest BCUT2D eigenvalue weighted by atomic mass is 10.0. The minimum absolute atomic E-state index is 0.187. The van der Waals surface area contributed by atoms with Crippen molar-refractivity contribution in [3.05, 3.63) is 29.8 Å². The minimum Gasteiger partial charge on any atom is -0.494 e. The van der Waals surface area contributed by atoms with Gasteiger partial charge in [0.15, 0.2) is 6.61 Å². The van der Waals surface area contributed by atoms with E-state index in [1.165, 1.54) is 0 Å². The molecule has 26 heavy (non-hydrogen) atoms. The highest BCUT2D eigenvalue weighted by Crippen LogP contribution is 2.13. The van der Waals surface area contributed by atoms with Crippen LogP contribution in [0.2, 0.25) is 0 Å². The molecule has 0 fully saturated rings. The van der Waals surface area contributed by atoms with Gasteiger partial charge in [-0.3, -0.25) is 9.59 Å². The van der Waals surface area contributed by atoms with E-state index in [-0.39, 0.29) is 24.3 Å². The molecule has 0 aliphatic heterocycles. The van der Waals surface area contributed by atoms with Gasteiger partial charge in [-0.25, -0.2) is 4.79 Å². The first kappa shape index (κ1) is 21.5. The van der Waals surface area contributed by atoms with Gasteiger partial charge in [0.1, 0.15) is 11.8 Å². The van der Waals surface area contributed by atoms with E-state index in [2.05, 4.69) is 10.6 Å². The van der Waals surface area contributed by atoms with Crippen molar-refractivity contribution >= 4 is 17.8 Å². The Labute approximate surface area is 154 Å². The number of carbonyl (C=O) groups excluding carboxylic acids is 3. The number of benzene rings is 1. The van der Waals surface area contributed by atoms with Crippen LogP contribution in [0.3, 0.4) is 0 Å². The minimum atomic E-state index is -0.840. The van der Waals surface area contributed by atoms with Gasteiger partial charge in [0.05, 0.1) is 6.61 Å². The highest BCUT2D eigenvalue weighted by molar-refractivity contribution is 5.97. The zero-order chi connectivity index (χ0) is 19.5. The van der Waals surface area contributed by atoms with Gasteiger partial charge < -0.3 is 20.1 Å². The molecular formula is C19H28N2O5. The summed E-state index contributed by atoms with van der Waals surface area (Å²) in [5.41, 5.74) is 0.410. The van der Waals surface area contributed by atoms with Gasteiger partial charge in [0, 0.05) is 12.1 Å². The van der Waals surface area contributed by atoms with Gasteiger partial charge in [-0.1, -0.05) is 20.8 Å². The lowest BCUT2D eigenvalue weighted by molar-refractivity contribution is -0.151. The van der Waals surface area contributed by atoms with E-state index in [1.54, 1.807) is 38.1 Å². The zero-order valence-corrected chi connectivity index (χ0v) is 15.8. The summed E-state index contributed by atoms with van der Waals surface area (Å²) in [5.74, 6) is -0.902. The van der Waals surface area contributed by atoms with Crippen LogP contribution < -0.4 is 15.4 Å². The predicted molar refractivity (Wildman–Crippen MR) is 98.0 cm³/mol. The van der Waals surface area contributed by atoms with Crippen molar-refractivity contribution in [1.82, 2.24) is 10.6 Å². The maximum absolute atomic E-state index is 12.4. The van der Waals surface area contributed by atoms with E-state index in [0.29, 0.717) is 24.5 Å². The van der Waals surface area contributed by atoms with Crippen LogP contribution in [-0.2, 0) is 14.3 Å². The van der Waals surface area contributed by atoms with Crippen molar-refractivity contribution in [2.75, 3.05) is 19.8 Å².